The molecule has 6 nitrogen and oxygen atoms in total. The van der Waals surface area contributed by atoms with Crippen molar-refractivity contribution in [2.75, 3.05) is 19.0 Å². The average Bonchev–Trinajstić information content (AvgIpc) is 2.28. The van der Waals surface area contributed by atoms with Crippen LogP contribution in [0.4, 0.5) is 5.69 Å². The number of aromatic nitrogens is 1. The van der Waals surface area contributed by atoms with Crippen LogP contribution in [0.5, 0.6) is 0 Å². The highest BCUT2D eigenvalue weighted by molar-refractivity contribution is 6.00. The molecule has 0 radical (unpaired) electrons. The lowest BCUT2D eigenvalue weighted by Gasteiger charge is -2.17. The van der Waals surface area contributed by atoms with E-state index in [1.807, 2.05) is 0 Å². The Bertz CT molecular complexity index is 432. The summed E-state index contributed by atoms with van der Waals surface area (Å²) in [4.78, 5) is 28.1. The molecule has 1 aromatic rings. The minimum atomic E-state index is -1.08. The summed E-state index contributed by atoms with van der Waals surface area (Å²) in [6.45, 7) is 1.41. The molecule has 0 unspecified atom stereocenters. The Morgan fingerprint density at radius 3 is 2.65 bits per heavy atom. The van der Waals surface area contributed by atoms with Crippen LogP contribution in [0.1, 0.15) is 17.3 Å². The lowest BCUT2D eigenvalue weighted by Crippen LogP contribution is -2.38. The third-order valence-corrected chi connectivity index (χ3v) is 2.24. The van der Waals surface area contributed by atoms with Gasteiger partial charge in [0.05, 0.1) is 11.3 Å². The van der Waals surface area contributed by atoms with Crippen LogP contribution in [0, 0.1) is 0 Å². The number of carboxylic acid groups (broad SMARTS) is 1. The molecule has 17 heavy (non-hydrogen) atoms. The van der Waals surface area contributed by atoms with E-state index in [0.717, 1.165) is 0 Å². The molecule has 0 saturated carbocycles. The maximum absolute atomic E-state index is 11.8. The number of nitrogens with one attached hydrogen (secondary N) is 1. The predicted molar refractivity (Wildman–Crippen MR) is 63.1 cm³/mol. The van der Waals surface area contributed by atoms with E-state index >= 15 is 0 Å². The van der Waals surface area contributed by atoms with Crippen LogP contribution < -0.4 is 10.2 Å². The maximum Gasteiger partial charge on any atom is 0.325 e. The number of pyridine rings is 1. The van der Waals surface area contributed by atoms with Gasteiger partial charge in [0, 0.05) is 26.5 Å². The van der Waals surface area contributed by atoms with Gasteiger partial charge in [-0.15, -0.1) is 0 Å². The maximum atomic E-state index is 11.8. The SMILES string of the molecule is C[C@H](NC(=O)c1cnccc1N(C)C)C(=O)O. The fraction of sp³-hybridized carbons (Fsp3) is 0.364. The molecule has 0 aliphatic carbocycles. The molecule has 2 N–H and O–H groups in total. The highest BCUT2D eigenvalue weighted by Crippen LogP contribution is 2.16. The number of nitrogens with zero attached hydrogens (tertiary/aromatic N) is 2. The lowest BCUT2D eigenvalue weighted by atomic mass is 10.2. The molecule has 92 valence electrons. The molecule has 0 saturated heterocycles. The quantitative estimate of drug-likeness (QED) is 0.789. The summed E-state index contributed by atoms with van der Waals surface area (Å²) in [6.07, 6.45) is 2.99. The first-order valence-corrected chi connectivity index (χ1v) is 5.08. The minimum Gasteiger partial charge on any atom is -0.480 e. The van der Waals surface area contributed by atoms with Crippen molar-refractivity contribution in [1.29, 1.82) is 0 Å². The van der Waals surface area contributed by atoms with Crippen molar-refractivity contribution in [3.05, 3.63) is 24.0 Å². The van der Waals surface area contributed by atoms with Gasteiger partial charge in [0.1, 0.15) is 6.04 Å². The normalized spacial score (nSPS) is 11.7. The predicted octanol–water partition coefficient (Wildman–Crippen LogP) is 0.350. The smallest absolute Gasteiger partial charge is 0.325 e. The Hall–Kier alpha value is -2.11. The molecule has 0 aliphatic heterocycles. The fourth-order valence-corrected chi connectivity index (χ4v) is 1.29. The molecule has 0 aliphatic rings. The minimum absolute atomic E-state index is 0.352. The Balaban J connectivity index is 2.93. The standard InChI is InChI=1S/C11H15N3O3/c1-7(11(16)17)13-10(15)8-6-12-5-4-9(8)14(2)3/h4-7H,1-3H3,(H,13,15)(H,16,17)/t7-/m0/s1. The van der Waals surface area contributed by atoms with E-state index < -0.39 is 17.9 Å². The third-order valence-electron chi connectivity index (χ3n) is 2.24. The summed E-state index contributed by atoms with van der Waals surface area (Å²) in [6, 6.07) is 0.762. The number of rotatable bonds is 4. The number of carbonyl (C=O) groups excluding carboxylic acids is 1. The van der Waals surface area contributed by atoms with E-state index in [1.165, 1.54) is 13.1 Å². The van der Waals surface area contributed by atoms with Crippen molar-refractivity contribution in [1.82, 2.24) is 10.3 Å². The number of hydrogen-bond acceptors (Lipinski definition) is 4. The Morgan fingerprint density at radius 2 is 2.12 bits per heavy atom. The summed E-state index contributed by atoms with van der Waals surface area (Å²) in [5.41, 5.74) is 1.04. The van der Waals surface area contributed by atoms with E-state index in [4.69, 9.17) is 5.11 Å². The summed E-state index contributed by atoms with van der Waals surface area (Å²) in [5, 5.41) is 11.1. The van der Waals surface area contributed by atoms with Crippen LogP contribution in [-0.2, 0) is 4.79 Å². The monoisotopic (exact) mass is 237 g/mol. The zero-order valence-corrected chi connectivity index (χ0v) is 9.97. The first-order valence-electron chi connectivity index (χ1n) is 5.08. The van der Waals surface area contributed by atoms with Crippen molar-refractivity contribution >= 4 is 17.6 Å². The highest BCUT2D eigenvalue weighted by Gasteiger charge is 2.18. The molecule has 1 atom stereocenters. The van der Waals surface area contributed by atoms with Crippen LogP contribution in [0.25, 0.3) is 0 Å². The van der Waals surface area contributed by atoms with Gasteiger partial charge in [-0.1, -0.05) is 0 Å². The zero-order valence-electron chi connectivity index (χ0n) is 9.97. The lowest BCUT2D eigenvalue weighted by molar-refractivity contribution is -0.138. The fourth-order valence-electron chi connectivity index (χ4n) is 1.29. The Labute approximate surface area is 99.3 Å². The van der Waals surface area contributed by atoms with Gasteiger partial charge in [0.2, 0.25) is 0 Å². The molecule has 0 aromatic carbocycles. The van der Waals surface area contributed by atoms with Crippen LogP contribution in [0.2, 0.25) is 0 Å². The molecule has 0 bridgehead atoms. The van der Waals surface area contributed by atoms with Crippen molar-refractivity contribution in [2.24, 2.45) is 0 Å². The first kappa shape index (κ1) is 13.0. The summed E-state index contributed by atoms with van der Waals surface area (Å²) >= 11 is 0. The van der Waals surface area contributed by atoms with Gasteiger partial charge in [-0.05, 0) is 13.0 Å². The molecule has 0 fully saturated rings. The van der Waals surface area contributed by atoms with Gasteiger partial charge in [-0.2, -0.15) is 0 Å². The molecular formula is C11H15N3O3. The van der Waals surface area contributed by atoms with E-state index in [9.17, 15) is 9.59 Å². The number of carboxylic acids is 1. The number of anilines is 1. The van der Waals surface area contributed by atoms with Crippen LogP contribution in [0.3, 0.4) is 0 Å². The summed E-state index contributed by atoms with van der Waals surface area (Å²) in [5.74, 6) is -1.52. The van der Waals surface area contributed by atoms with E-state index in [0.29, 0.717) is 11.3 Å². The molecule has 1 rings (SSSR count). The summed E-state index contributed by atoms with van der Waals surface area (Å²) in [7, 11) is 3.60. The van der Waals surface area contributed by atoms with E-state index in [-0.39, 0.29) is 0 Å². The van der Waals surface area contributed by atoms with Gasteiger partial charge in [-0.25, -0.2) is 0 Å². The molecule has 6 heteroatoms. The third kappa shape index (κ3) is 3.17. The second kappa shape index (κ2) is 5.29. The Morgan fingerprint density at radius 1 is 1.47 bits per heavy atom. The van der Waals surface area contributed by atoms with Crippen LogP contribution in [-0.4, -0.2) is 42.1 Å². The van der Waals surface area contributed by atoms with Crippen molar-refractivity contribution < 1.29 is 14.7 Å². The highest BCUT2D eigenvalue weighted by atomic mass is 16.4. The van der Waals surface area contributed by atoms with Gasteiger partial charge in [-0.3, -0.25) is 14.6 Å². The Kier molecular flexibility index (Phi) is 4.03. The molecule has 1 amide bonds. The van der Waals surface area contributed by atoms with Crippen LogP contribution >= 0.6 is 0 Å². The van der Waals surface area contributed by atoms with E-state index in [2.05, 4.69) is 10.3 Å². The number of carbonyl (C=O) groups is 2. The first-order chi connectivity index (χ1) is 7.93. The van der Waals surface area contributed by atoms with Gasteiger partial charge in [0.15, 0.2) is 0 Å². The van der Waals surface area contributed by atoms with Gasteiger partial charge >= 0.3 is 5.97 Å². The molecule has 0 spiro atoms. The van der Waals surface area contributed by atoms with Crippen LogP contribution in [0.15, 0.2) is 18.5 Å². The second-order valence-corrected chi connectivity index (χ2v) is 3.82. The molecule has 1 heterocycles. The second-order valence-electron chi connectivity index (χ2n) is 3.82. The largest absolute Gasteiger partial charge is 0.480 e. The number of aliphatic carboxylic acids is 1. The van der Waals surface area contributed by atoms with Crippen molar-refractivity contribution in [3.63, 3.8) is 0 Å². The topological polar surface area (TPSA) is 82.5 Å². The average molecular weight is 237 g/mol. The van der Waals surface area contributed by atoms with Crippen molar-refractivity contribution in [2.45, 2.75) is 13.0 Å². The zero-order chi connectivity index (χ0) is 13.0. The molecular weight excluding hydrogens is 222 g/mol. The van der Waals surface area contributed by atoms with Crippen molar-refractivity contribution in [3.8, 4) is 0 Å². The van der Waals surface area contributed by atoms with Gasteiger partial charge < -0.3 is 15.3 Å². The summed E-state index contributed by atoms with van der Waals surface area (Å²) < 4.78 is 0. The van der Waals surface area contributed by atoms with Gasteiger partial charge in [0.25, 0.3) is 5.91 Å². The number of hydrogen-bond donors (Lipinski definition) is 2. The number of amides is 1. The molecule has 1 aromatic heterocycles. The van der Waals surface area contributed by atoms with E-state index in [1.54, 1.807) is 31.3 Å².